The lowest BCUT2D eigenvalue weighted by Crippen LogP contribution is -2.44. The number of anilines is 2. The van der Waals surface area contributed by atoms with E-state index in [1.165, 1.54) is 36.8 Å². The van der Waals surface area contributed by atoms with Crippen LogP contribution in [0.25, 0.3) is 0 Å². The van der Waals surface area contributed by atoms with Crippen LogP contribution < -0.4 is 15.1 Å². The Bertz CT molecular complexity index is 638. The molecule has 2 saturated heterocycles. The summed E-state index contributed by atoms with van der Waals surface area (Å²) in [5, 5.41) is 2.92. The third kappa shape index (κ3) is 5.94. The zero-order chi connectivity index (χ0) is 19.8. The number of nitrogens with one attached hydrogen (secondary N) is 1. The van der Waals surface area contributed by atoms with Crippen LogP contribution in [0.2, 0.25) is 0 Å². The van der Waals surface area contributed by atoms with Gasteiger partial charge in [-0.1, -0.05) is 0 Å². The Hall–Kier alpha value is -2.12. The number of amides is 2. The summed E-state index contributed by atoms with van der Waals surface area (Å²) in [5.74, 6) is -0.266. The quantitative estimate of drug-likeness (QED) is 0.767. The average molecular weight is 389 g/mol. The highest BCUT2D eigenvalue weighted by Gasteiger charge is 2.17. The normalized spacial score (nSPS) is 18.0. The zero-order valence-electron chi connectivity index (χ0n) is 16.9. The number of rotatable bonds is 7. The molecule has 2 amide bonds. The Balaban J connectivity index is 1.50. The molecule has 0 aromatic heterocycles. The predicted octanol–water partition coefficient (Wildman–Crippen LogP) is 1.48. The van der Waals surface area contributed by atoms with Crippen LogP contribution >= 0.6 is 0 Å². The highest BCUT2D eigenvalue weighted by molar-refractivity contribution is 5.97. The Morgan fingerprint density at radius 2 is 1.71 bits per heavy atom. The van der Waals surface area contributed by atoms with E-state index in [2.05, 4.69) is 15.1 Å². The first-order valence-corrected chi connectivity index (χ1v) is 10.3. The molecule has 7 heteroatoms. The van der Waals surface area contributed by atoms with Crippen LogP contribution in [0.1, 0.15) is 26.2 Å². The fraction of sp³-hybridized carbons (Fsp3) is 0.619. The molecule has 3 rings (SSSR count). The molecular formula is C21H32N4O3. The van der Waals surface area contributed by atoms with Crippen molar-refractivity contribution < 1.29 is 14.3 Å². The third-order valence-electron chi connectivity index (χ3n) is 5.42. The van der Waals surface area contributed by atoms with E-state index in [9.17, 15) is 9.59 Å². The molecule has 0 saturated carbocycles. The molecule has 0 unspecified atom stereocenters. The van der Waals surface area contributed by atoms with Crippen LogP contribution in [-0.4, -0.2) is 75.7 Å². The Labute approximate surface area is 167 Å². The zero-order valence-corrected chi connectivity index (χ0v) is 16.9. The smallest absolute Gasteiger partial charge is 0.240 e. The van der Waals surface area contributed by atoms with E-state index >= 15 is 0 Å². The van der Waals surface area contributed by atoms with Gasteiger partial charge in [-0.2, -0.15) is 0 Å². The first-order valence-electron chi connectivity index (χ1n) is 10.3. The summed E-state index contributed by atoms with van der Waals surface area (Å²) in [4.78, 5) is 30.6. The summed E-state index contributed by atoms with van der Waals surface area (Å²) in [5.41, 5.74) is 1.94. The van der Waals surface area contributed by atoms with E-state index < -0.39 is 0 Å². The van der Waals surface area contributed by atoms with Crippen molar-refractivity contribution in [3.05, 3.63) is 24.3 Å². The van der Waals surface area contributed by atoms with Gasteiger partial charge in [0.2, 0.25) is 11.8 Å². The minimum atomic E-state index is -0.136. The van der Waals surface area contributed by atoms with E-state index in [1.54, 1.807) is 0 Å². The van der Waals surface area contributed by atoms with Gasteiger partial charge in [0, 0.05) is 57.6 Å². The van der Waals surface area contributed by atoms with Crippen LogP contribution in [0.5, 0.6) is 0 Å². The molecule has 2 aliphatic heterocycles. The topological polar surface area (TPSA) is 65.1 Å². The maximum Gasteiger partial charge on any atom is 0.240 e. The van der Waals surface area contributed by atoms with Gasteiger partial charge in [-0.3, -0.25) is 14.5 Å². The Morgan fingerprint density at radius 1 is 1.04 bits per heavy atom. The molecule has 28 heavy (non-hydrogen) atoms. The number of morpholine rings is 1. The highest BCUT2D eigenvalue weighted by atomic mass is 16.5. The van der Waals surface area contributed by atoms with E-state index in [-0.39, 0.29) is 18.4 Å². The highest BCUT2D eigenvalue weighted by Crippen LogP contribution is 2.23. The van der Waals surface area contributed by atoms with E-state index in [0.717, 1.165) is 51.6 Å². The summed E-state index contributed by atoms with van der Waals surface area (Å²) < 4.78 is 5.33. The van der Waals surface area contributed by atoms with Crippen molar-refractivity contribution in [2.75, 3.05) is 68.8 Å². The molecule has 2 aliphatic rings. The van der Waals surface area contributed by atoms with Gasteiger partial charge < -0.3 is 19.9 Å². The fourth-order valence-electron chi connectivity index (χ4n) is 3.76. The molecule has 0 radical (unpaired) electrons. The summed E-state index contributed by atoms with van der Waals surface area (Å²) >= 11 is 0. The Morgan fingerprint density at radius 3 is 2.36 bits per heavy atom. The van der Waals surface area contributed by atoms with Gasteiger partial charge in [0.05, 0.1) is 13.2 Å². The van der Waals surface area contributed by atoms with Gasteiger partial charge in [0.1, 0.15) is 6.54 Å². The summed E-state index contributed by atoms with van der Waals surface area (Å²) in [7, 11) is 0. The van der Waals surface area contributed by atoms with Gasteiger partial charge in [0.25, 0.3) is 0 Å². The lowest BCUT2D eigenvalue weighted by atomic mass is 10.1. The third-order valence-corrected chi connectivity index (χ3v) is 5.42. The molecular weight excluding hydrogens is 356 g/mol. The molecule has 0 aliphatic carbocycles. The summed E-state index contributed by atoms with van der Waals surface area (Å²) in [6.45, 7) is 8.40. The number of hydrogen-bond donors (Lipinski definition) is 1. The first-order chi connectivity index (χ1) is 13.6. The molecule has 1 aromatic carbocycles. The van der Waals surface area contributed by atoms with Gasteiger partial charge in [-0.25, -0.2) is 0 Å². The van der Waals surface area contributed by atoms with Crippen molar-refractivity contribution in [2.24, 2.45) is 0 Å². The predicted molar refractivity (Wildman–Crippen MR) is 111 cm³/mol. The van der Waals surface area contributed by atoms with Crippen LogP contribution in [0.15, 0.2) is 24.3 Å². The van der Waals surface area contributed by atoms with Gasteiger partial charge in [-0.05, 0) is 43.5 Å². The summed E-state index contributed by atoms with van der Waals surface area (Å²) in [6.07, 6.45) is 3.76. The van der Waals surface area contributed by atoms with Crippen LogP contribution in [0.4, 0.5) is 11.4 Å². The van der Waals surface area contributed by atoms with Crippen molar-refractivity contribution in [1.82, 2.24) is 10.2 Å². The van der Waals surface area contributed by atoms with Crippen molar-refractivity contribution in [2.45, 2.75) is 26.2 Å². The summed E-state index contributed by atoms with van der Waals surface area (Å²) in [6, 6.07) is 7.97. The number of ether oxygens (including phenoxy) is 1. The molecule has 0 spiro atoms. The average Bonchev–Trinajstić information content (AvgIpc) is 2.73. The van der Waals surface area contributed by atoms with Crippen molar-refractivity contribution in [1.29, 1.82) is 0 Å². The van der Waals surface area contributed by atoms with E-state index in [0.29, 0.717) is 6.54 Å². The van der Waals surface area contributed by atoms with Crippen molar-refractivity contribution in [3.8, 4) is 0 Å². The molecule has 1 N–H and O–H groups in total. The second-order valence-corrected chi connectivity index (χ2v) is 7.47. The molecule has 2 fully saturated rings. The Kier molecular flexibility index (Phi) is 7.68. The fourth-order valence-corrected chi connectivity index (χ4v) is 3.76. The number of piperidine rings is 1. The van der Waals surface area contributed by atoms with E-state index in [4.69, 9.17) is 4.74 Å². The van der Waals surface area contributed by atoms with E-state index in [1.807, 2.05) is 24.3 Å². The number of hydrogen-bond acceptors (Lipinski definition) is 5. The monoisotopic (exact) mass is 388 g/mol. The number of benzene rings is 1. The second kappa shape index (κ2) is 10.4. The van der Waals surface area contributed by atoms with Gasteiger partial charge in [0.15, 0.2) is 0 Å². The lowest BCUT2D eigenvalue weighted by molar-refractivity contribution is -0.123. The molecule has 154 valence electrons. The maximum absolute atomic E-state index is 12.3. The van der Waals surface area contributed by atoms with Crippen LogP contribution in [-0.2, 0) is 14.3 Å². The second-order valence-electron chi connectivity index (χ2n) is 7.47. The number of carbonyl (C=O) groups is 2. The van der Waals surface area contributed by atoms with Crippen molar-refractivity contribution >= 4 is 23.2 Å². The number of nitrogens with zero attached hydrogens (tertiary/aromatic N) is 3. The molecule has 0 atom stereocenters. The van der Waals surface area contributed by atoms with Gasteiger partial charge >= 0.3 is 0 Å². The minimum absolute atomic E-state index is 0.0432. The first kappa shape index (κ1) is 20.6. The molecule has 0 bridgehead atoms. The standard InChI is InChI=1S/C21H32N4O3/c1-18(26)25(17-21(27)22-9-12-23-13-15-28-16-14-23)20-7-5-19(6-8-20)24-10-3-2-4-11-24/h5-8H,2-4,9-17H2,1H3,(H,22,27). The van der Waals surface area contributed by atoms with Crippen LogP contribution in [0.3, 0.4) is 0 Å². The molecule has 2 heterocycles. The number of carbonyl (C=O) groups excluding carboxylic acids is 2. The largest absolute Gasteiger partial charge is 0.379 e. The minimum Gasteiger partial charge on any atom is -0.379 e. The van der Waals surface area contributed by atoms with Gasteiger partial charge in [-0.15, -0.1) is 0 Å². The maximum atomic E-state index is 12.3. The molecule has 1 aromatic rings. The lowest BCUT2D eigenvalue weighted by Gasteiger charge is -2.29. The van der Waals surface area contributed by atoms with Crippen molar-refractivity contribution in [3.63, 3.8) is 0 Å². The SMILES string of the molecule is CC(=O)N(CC(=O)NCCN1CCOCC1)c1ccc(N2CCCCC2)cc1. The molecule has 7 nitrogen and oxygen atoms in total. The van der Waals surface area contributed by atoms with Crippen LogP contribution in [0, 0.1) is 0 Å².